The second kappa shape index (κ2) is 8.22. The summed E-state index contributed by atoms with van der Waals surface area (Å²) in [6, 6.07) is 5.33. The topological polar surface area (TPSA) is 90.7 Å². The van der Waals surface area contributed by atoms with Crippen LogP contribution in [0, 0.1) is 6.92 Å². The van der Waals surface area contributed by atoms with Gasteiger partial charge in [0.05, 0.1) is 5.69 Å². The van der Waals surface area contributed by atoms with Crippen LogP contribution in [0.4, 0.5) is 14.5 Å². The highest BCUT2D eigenvalue weighted by Crippen LogP contribution is 2.18. The molecule has 25 heavy (non-hydrogen) atoms. The van der Waals surface area contributed by atoms with Gasteiger partial charge in [-0.2, -0.15) is 8.78 Å². The van der Waals surface area contributed by atoms with Gasteiger partial charge in [-0.15, -0.1) is 0 Å². The van der Waals surface area contributed by atoms with Gasteiger partial charge in [0, 0.05) is 5.69 Å². The van der Waals surface area contributed by atoms with Crippen LogP contribution in [0.15, 0.2) is 28.8 Å². The van der Waals surface area contributed by atoms with Crippen molar-refractivity contribution in [1.82, 2.24) is 5.16 Å². The molecule has 0 unspecified atom stereocenters. The third-order valence-corrected chi connectivity index (χ3v) is 3.17. The number of anilines is 1. The largest absolute Gasteiger partial charge is 0.452 e. The maximum atomic E-state index is 12.1. The average molecular weight is 354 g/mol. The fraction of sp³-hybridized carbons (Fsp3) is 0.312. The molecule has 0 aliphatic rings. The van der Waals surface area contributed by atoms with Crippen molar-refractivity contribution in [2.24, 2.45) is 0 Å². The van der Waals surface area contributed by atoms with Gasteiger partial charge in [-0.1, -0.05) is 12.1 Å². The smallest absolute Gasteiger partial charge is 0.387 e. The first-order chi connectivity index (χ1) is 11.9. The number of rotatable bonds is 7. The van der Waals surface area contributed by atoms with Gasteiger partial charge in [0.25, 0.3) is 5.91 Å². The Balaban J connectivity index is 1.88. The number of esters is 1. The van der Waals surface area contributed by atoms with Gasteiger partial charge in [0.15, 0.2) is 6.61 Å². The Hall–Kier alpha value is -2.97. The molecule has 2 aromatic rings. The number of nitrogens with zero attached hydrogens (tertiary/aromatic N) is 1. The minimum atomic E-state index is -2.92. The van der Waals surface area contributed by atoms with Crippen LogP contribution in [-0.2, 0) is 16.0 Å². The van der Waals surface area contributed by atoms with E-state index in [4.69, 9.17) is 9.26 Å². The standard InChI is InChI=1S/C16H16F2N2O5/c1-3-12-14(9(2)25-20-12)15(22)23-8-13(21)19-10-4-6-11(7-5-10)24-16(17)18/h4-7,16H,3,8H2,1-2H3,(H,19,21). The Morgan fingerprint density at radius 1 is 1.28 bits per heavy atom. The number of alkyl halides is 2. The number of hydrogen-bond donors (Lipinski definition) is 1. The number of hydrogen-bond acceptors (Lipinski definition) is 6. The van der Waals surface area contributed by atoms with Crippen LogP contribution in [0.25, 0.3) is 0 Å². The van der Waals surface area contributed by atoms with Crippen molar-refractivity contribution >= 4 is 17.6 Å². The summed E-state index contributed by atoms with van der Waals surface area (Å²) in [5.41, 5.74) is 1.01. The highest BCUT2D eigenvalue weighted by atomic mass is 19.3. The highest BCUT2D eigenvalue weighted by Gasteiger charge is 2.21. The lowest BCUT2D eigenvalue weighted by Gasteiger charge is -2.08. The lowest BCUT2D eigenvalue weighted by Crippen LogP contribution is -2.21. The molecule has 0 saturated heterocycles. The summed E-state index contributed by atoms with van der Waals surface area (Å²) >= 11 is 0. The zero-order chi connectivity index (χ0) is 18.4. The number of nitrogens with one attached hydrogen (secondary N) is 1. The molecular formula is C16H16F2N2O5. The summed E-state index contributed by atoms with van der Waals surface area (Å²) in [6.45, 7) is -0.0515. The predicted octanol–water partition coefficient (Wildman–Crippen LogP) is 2.94. The molecule has 1 aromatic heterocycles. The van der Waals surface area contributed by atoms with E-state index in [1.54, 1.807) is 6.92 Å². The van der Waals surface area contributed by atoms with Crippen LogP contribution in [0.1, 0.15) is 28.7 Å². The van der Waals surface area contributed by atoms with Gasteiger partial charge in [-0.3, -0.25) is 4.79 Å². The lowest BCUT2D eigenvalue weighted by atomic mass is 10.1. The van der Waals surface area contributed by atoms with Gasteiger partial charge >= 0.3 is 12.6 Å². The molecular weight excluding hydrogens is 338 g/mol. The first-order valence-electron chi connectivity index (χ1n) is 7.37. The zero-order valence-electron chi connectivity index (χ0n) is 13.5. The van der Waals surface area contributed by atoms with Crippen LogP contribution in [0.5, 0.6) is 5.75 Å². The first-order valence-corrected chi connectivity index (χ1v) is 7.37. The second-order valence-electron chi connectivity index (χ2n) is 4.94. The molecule has 0 bridgehead atoms. The summed E-state index contributed by atoms with van der Waals surface area (Å²) in [6.07, 6.45) is 0.487. The van der Waals surface area contributed by atoms with Crippen molar-refractivity contribution in [2.75, 3.05) is 11.9 Å². The minimum Gasteiger partial charge on any atom is -0.452 e. The van der Waals surface area contributed by atoms with Crippen molar-refractivity contribution in [3.63, 3.8) is 0 Å². The zero-order valence-corrected chi connectivity index (χ0v) is 13.5. The van der Waals surface area contributed by atoms with E-state index in [1.165, 1.54) is 24.3 Å². The van der Waals surface area contributed by atoms with E-state index in [1.807, 2.05) is 6.92 Å². The SMILES string of the molecule is CCc1noc(C)c1C(=O)OCC(=O)Nc1ccc(OC(F)F)cc1. The summed E-state index contributed by atoms with van der Waals surface area (Å²) in [5.74, 6) is -0.999. The molecule has 0 aliphatic carbocycles. The van der Waals surface area contributed by atoms with Crippen molar-refractivity contribution < 1.29 is 32.4 Å². The van der Waals surface area contributed by atoms with Crippen LogP contribution in [0.3, 0.4) is 0 Å². The summed E-state index contributed by atoms with van der Waals surface area (Å²) in [4.78, 5) is 23.8. The van der Waals surface area contributed by atoms with E-state index in [2.05, 4.69) is 15.2 Å². The quantitative estimate of drug-likeness (QED) is 0.769. The summed E-state index contributed by atoms with van der Waals surface area (Å²) < 4.78 is 38.2. The van der Waals surface area contributed by atoms with Gasteiger partial charge < -0.3 is 19.3 Å². The molecule has 0 spiro atoms. The van der Waals surface area contributed by atoms with Gasteiger partial charge in [0.1, 0.15) is 17.1 Å². The number of carbonyl (C=O) groups excluding carboxylic acids is 2. The third kappa shape index (κ3) is 5.00. The number of aromatic nitrogens is 1. The van der Waals surface area contributed by atoms with E-state index in [-0.39, 0.29) is 11.3 Å². The van der Waals surface area contributed by atoms with E-state index >= 15 is 0 Å². The Kier molecular flexibility index (Phi) is 6.04. The number of ether oxygens (including phenoxy) is 2. The Labute approximate surface area is 141 Å². The molecule has 1 aromatic carbocycles. The van der Waals surface area contributed by atoms with Crippen molar-refractivity contribution in [1.29, 1.82) is 0 Å². The van der Waals surface area contributed by atoms with E-state index in [0.29, 0.717) is 23.6 Å². The molecule has 1 amide bonds. The van der Waals surface area contributed by atoms with Crippen LogP contribution < -0.4 is 10.1 Å². The van der Waals surface area contributed by atoms with Crippen molar-refractivity contribution in [3.05, 3.63) is 41.3 Å². The maximum Gasteiger partial charge on any atom is 0.387 e. The van der Waals surface area contributed by atoms with Gasteiger partial charge in [0.2, 0.25) is 0 Å². The van der Waals surface area contributed by atoms with Crippen LogP contribution in [0.2, 0.25) is 0 Å². The Bertz CT molecular complexity index is 743. The van der Waals surface area contributed by atoms with Gasteiger partial charge in [-0.05, 0) is 37.6 Å². The number of aryl methyl sites for hydroxylation is 2. The molecule has 0 atom stereocenters. The number of benzene rings is 1. The van der Waals surface area contributed by atoms with Crippen molar-refractivity contribution in [3.8, 4) is 5.75 Å². The van der Waals surface area contributed by atoms with E-state index < -0.39 is 25.1 Å². The van der Waals surface area contributed by atoms with E-state index in [0.717, 1.165) is 0 Å². The highest BCUT2D eigenvalue weighted by molar-refractivity contribution is 5.96. The molecule has 0 saturated carbocycles. The summed E-state index contributed by atoms with van der Waals surface area (Å²) in [5, 5.41) is 6.21. The lowest BCUT2D eigenvalue weighted by molar-refractivity contribution is -0.119. The number of amides is 1. The molecule has 134 valence electrons. The molecule has 1 heterocycles. The molecule has 2 rings (SSSR count). The van der Waals surface area contributed by atoms with Gasteiger partial charge in [-0.25, -0.2) is 4.79 Å². The molecule has 0 aliphatic heterocycles. The third-order valence-electron chi connectivity index (χ3n) is 3.17. The average Bonchev–Trinajstić information content (AvgIpc) is 2.95. The fourth-order valence-electron chi connectivity index (χ4n) is 2.04. The minimum absolute atomic E-state index is 0.0329. The molecule has 1 N–H and O–H groups in total. The molecule has 0 radical (unpaired) electrons. The summed E-state index contributed by atoms with van der Waals surface area (Å²) in [7, 11) is 0. The molecule has 7 nitrogen and oxygen atoms in total. The fourth-order valence-corrected chi connectivity index (χ4v) is 2.04. The second-order valence-corrected chi connectivity index (χ2v) is 4.94. The predicted molar refractivity (Wildman–Crippen MR) is 82.6 cm³/mol. The Morgan fingerprint density at radius 2 is 1.96 bits per heavy atom. The number of halogens is 2. The Morgan fingerprint density at radius 3 is 2.56 bits per heavy atom. The normalized spacial score (nSPS) is 10.6. The van der Waals surface area contributed by atoms with Crippen LogP contribution >= 0.6 is 0 Å². The van der Waals surface area contributed by atoms with Crippen molar-refractivity contribution in [2.45, 2.75) is 26.9 Å². The molecule has 9 heteroatoms. The van der Waals surface area contributed by atoms with E-state index in [9.17, 15) is 18.4 Å². The monoisotopic (exact) mass is 354 g/mol. The first kappa shape index (κ1) is 18.4. The maximum absolute atomic E-state index is 12.1. The van der Waals surface area contributed by atoms with Crippen LogP contribution in [-0.4, -0.2) is 30.3 Å². The molecule has 0 fully saturated rings. The number of carbonyl (C=O) groups is 2.